The second kappa shape index (κ2) is 10.6. The molecule has 30 heavy (non-hydrogen) atoms. The van der Waals surface area contributed by atoms with Crippen LogP contribution in [0.3, 0.4) is 0 Å². The van der Waals surface area contributed by atoms with E-state index in [1.165, 1.54) is 7.11 Å². The van der Waals surface area contributed by atoms with Gasteiger partial charge in [0.15, 0.2) is 0 Å². The fourth-order valence-corrected chi connectivity index (χ4v) is 3.53. The van der Waals surface area contributed by atoms with Gasteiger partial charge < -0.3 is 9.47 Å². The highest BCUT2D eigenvalue weighted by Crippen LogP contribution is 2.34. The molecule has 0 N–H and O–H groups in total. The summed E-state index contributed by atoms with van der Waals surface area (Å²) < 4.78 is 11.6. The van der Waals surface area contributed by atoms with Gasteiger partial charge in [-0.25, -0.2) is 0 Å². The summed E-state index contributed by atoms with van der Waals surface area (Å²) >= 11 is 0. The number of allylic oxidation sites excluding steroid dienone is 7. The van der Waals surface area contributed by atoms with E-state index in [2.05, 4.69) is 56.4 Å². The van der Waals surface area contributed by atoms with Gasteiger partial charge in [-0.2, -0.15) is 0 Å². The van der Waals surface area contributed by atoms with Gasteiger partial charge in [-0.15, -0.1) is 0 Å². The third kappa shape index (κ3) is 5.73. The molecule has 0 radical (unpaired) electrons. The van der Waals surface area contributed by atoms with Crippen LogP contribution in [0.4, 0.5) is 0 Å². The molecule has 0 aromatic heterocycles. The standard InChI is InChI=1S/C27H30O3/c1-20(2)19-24-16-15-23(27(28)29-3)17-18-25(24)30-26(22-13-9-6-10-14-22)21-11-7-4-5-8-12-21/h4,6-18,20,23,26H,5,19H2,1-3H3. The molecule has 0 saturated carbocycles. The summed E-state index contributed by atoms with van der Waals surface area (Å²) in [5, 5.41) is 0. The fraction of sp³-hybridized carbons (Fsp3) is 0.296. The van der Waals surface area contributed by atoms with Gasteiger partial charge in [-0.3, -0.25) is 4.79 Å². The van der Waals surface area contributed by atoms with E-state index in [9.17, 15) is 4.79 Å². The summed E-state index contributed by atoms with van der Waals surface area (Å²) in [6, 6.07) is 10.2. The third-order valence-corrected chi connectivity index (χ3v) is 5.03. The first-order valence-corrected chi connectivity index (χ1v) is 10.5. The molecule has 3 nitrogen and oxygen atoms in total. The fourth-order valence-electron chi connectivity index (χ4n) is 3.53. The Kier molecular flexibility index (Phi) is 7.67. The van der Waals surface area contributed by atoms with Crippen LogP contribution in [0.5, 0.6) is 0 Å². The molecule has 0 aliphatic heterocycles. The van der Waals surface area contributed by atoms with E-state index < -0.39 is 5.92 Å². The molecule has 2 unspecified atom stereocenters. The van der Waals surface area contributed by atoms with E-state index >= 15 is 0 Å². The van der Waals surface area contributed by atoms with Crippen molar-refractivity contribution >= 4 is 5.97 Å². The molecule has 156 valence electrons. The van der Waals surface area contributed by atoms with Crippen molar-refractivity contribution in [1.29, 1.82) is 0 Å². The zero-order valence-electron chi connectivity index (χ0n) is 18.0. The van der Waals surface area contributed by atoms with Crippen molar-refractivity contribution in [3.63, 3.8) is 0 Å². The van der Waals surface area contributed by atoms with Gasteiger partial charge in [0.25, 0.3) is 0 Å². The van der Waals surface area contributed by atoms with Crippen LogP contribution in [-0.4, -0.2) is 13.1 Å². The van der Waals surface area contributed by atoms with E-state index in [0.717, 1.165) is 35.3 Å². The normalized spacial score (nSPS) is 19.3. The molecule has 3 rings (SSSR count). The Bertz CT molecular complexity index is 911. The quantitative estimate of drug-likeness (QED) is 0.495. The number of rotatable bonds is 7. The molecule has 1 aromatic carbocycles. The first kappa shape index (κ1) is 21.6. The largest absolute Gasteiger partial charge is 0.481 e. The minimum atomic E-state index is -0.409. The molecule has 0 saturated heterocycles. The van der Waals surface area contributed by atoms with Gasteiger partial charge in [0, 0.05) is 0 Å². The highest BCUT2D eigenvalue weighted by atomic mass is 16.5. The molecule has 2 atom stereocenters. The van der Waals surface area contributed by atoms with Crippen molar-refractivity contribution < 1.29 is 14.3 Å². The minimum absolute atomic E-state index is 0.241. The van der Waals surface area contributed by atoms with Crippen molar-refractivity contribution in [2.24, 2.45) is 11.8 Å². The Labute approximate surface area is 179 Å². The maximum Gasteiger partial charge on any atom is 0.316 e. The zero-order valence-corrected chi connectivity index (χ0v) is 18.0. The summed E-state index contributed by atoms with van der Waals surface area (Å²) in [6.07, 6.45) is 19.8. The maximum absolute atomic E-state index is 12.1. The van der Waals surface area contributed by atoms with Gasteiger partial charge in [-0.05, 0) is 41.5 Å². The lowest BCUT2D eigenvalue weighted by Gasteiger charge is -2.23. The number of carbonyl (C=O) groups is 1. The van der Waals surface area contributed by atoms with E-state index in [-0.39, 0.29) is 12.1 Å². The van der Waals surface area contributed by atoms with E-state index in [1.807, 2.05) is 42.5 Å². The van der Waals surface area contributed by atoms with Crippen molar-refractivity contribution in [3.8, 4) is 0 Å². The Morgan fingerprint density at radius 3 is 2.57 bits per heavy atom. The van der Waals surface area contributed by atoms with Crippen molar-refractivity contribution in [1.82, 2.24) is 0 Å². The van der Waals surface area contributed by atoms with E-state index in [1.54, 1.807) is 0 Å². The highest BCUT2D eigenvalue weighted by Gasteiger charge is 2.22. The van der Waals surface area contributed by atoms with Crippen molar-refractivity contribution in [2.75, 3.05) is 7.11 Å². The number of carbonyl (C=O) groups excluding carboxylic acids is 1. The first-order valence-electron chi connectivity index (χ1n) is 10.5. The summed E-state index contributed by atoms with van der Waals surface area (Å²) in [4.78, 5) is 12.1. The second-order valence-corrected chi connectivity index (χ2v) is 7.90. The Hall–Kier alpha value is -3.07. The highest BCUT2D eigenvalue weighted by molar-refractivity contribution is 5.77. The number of benzene rings is 1. The minimum Gasteiger partial charge on any atom is -0.481 e. The van der Waals surface area contributed by atoms with E-state index in [4.69, 9.17) is 9.47 Å². The smallest absolute Gasteiger partial charge is 0.316 e. The lowest BCUT2D eigenvalue weighted by molar-refractivity contribution is -0.142. The number of methoxy groups -OCH3 is 1. The van der Waals surface area contributed by atoms with Crippen LogP contribution >= 0.6 is 0 Å². The summed E-state index contributed by atoms with van der Waals surface area (Å²) in [6.45, 7) is 4.36. The van der Waals surface area contributed by atoms with Crippen LogP contribution in [0.25, 0.3) is 0 Å². The second-order valence-electron chi connectivity index (χ2n) is 7.90. The number of ether oxygens (including phenoxy) is 2. The average molecular weight is 403 g/mol. The molecular weight excluding hydrogens is 372 g/mol. The van der Waals surface area contributed by atoms with Gasteiger partial charge in [0.1, 0.15) is 11.9 Å². The topological polar surface area (TPSA) is 35.5 Å². The molecular formula is C27H30O3. The lowest BCUT2D eigenvalue weighted by Crippen LogP contribution is -2.11. The average Bonchev–Trinajstić information content (AvgIpc) is 3.13. The van der Waals surface area contributed by atoms with Crippen LogP contribution in [0, 0.1) is 11.8 Å². The third-order valence-electron chi connectivity index (χ3n) is 5.03. The van der Waals surface area contributed by atoms with Crippen LogP contribution in [0.2, 0.25) is 0 Å². The number of hydrogen-bond acceptors (Lipinski definition) is 3. The molecule has 1 aromatic rings. The Balaban J connectivity index is 2.00. The van der Waals surface area contributed by atoms with Gasteiger partial charge in [0.05, 0.1) is 13.0 Å². The van der Waals surface area contributed by atoms with Crippen LogP contribution in [0.15, 0.2) is 102 Å². The molecule has 2 aliphatic carbocycles. The molecule has 0 amide bonds. The van der Waals surface area contributed by atoms with Crippen molar-refractivity contribution in [2.45, 2.75) is 32.8 Å². The first-order chi connectivity index (χ1) is 14.6. The van der Waals surface area contributed by atoms with Crippen LogP contribution < -0.4 is 0 Å². The van der Waals surface area contributed by atoms with Crippen LogP contribution in [-0.2, 0) is 14.3 Å². The molecule has 2 aliphatic rings. The monoisotopic (exact) mass is 402 g/mol. The summed E-state index contributed by atoms with van der Waals surface area (Å²) in [5.74, 6) is 0.573. The zero-order chi connectivity index (χ0) is 21.3. The molecule has 0 fully saturated rings. The predicted octanol–water partition coefficient (Wildman–Crippen LogP) is 6.40. The lowest BCUT2D eigenvalue weighted by atomic mass is 9.99. The number of esters is 1. The molecule has 0 spiro atoms. The van der Waals surface area contributed by atoms with Gasteiger partial charge in [0.2, 0.25) is 0 Å². The van der Waals surface area contributed by atoms with Gasteiger partial charge >= 0.3 is 5.97 Å². The van der Waals surface area contributed by atoms with Crippen LogP contribution in [0.1, 0.15) is 38.4 Å². The van der Waals surface area contributed by atoms with Gasteiger partial charge in [-0.1, -0.05) is 92.8 Å². The predicted molar refractivity (Wildman–Crippen MR) is 122 cm³/mol. The number of hydrogen-bond donors (Lipinski definition) is 0. The summed E-state index contributed by atoms with van der Waals surface area (Å²) in [7, 11) is 1.42. The van der Waals surface area contributed by atoms with E-state index in [0.29, 0.717) is 5.92 Å². The molecule has 0 heterocycles. The summed E-state index contributed by atoms with van der Waals surface area (Å²) in [5.41, 5.74) is 3.27. The Morgan fingerprint density at radius 2 is 1.83 bits per heavy atom. The maximum atomic E-state index is 12.1. The molecule has 3 heteroatoms. The van der Waals surface area contributed by atoms with Crippen molar-refractivity contribution in [3.05, 3.63) is 107 Å². The Morgan fingerprint density at radius 1 is 1.07 bits per heavy atom. The SMILES string of the molecule is COC(=O)C1C=CC(CC(C)C)=C(OC(C2=CC=CCC=C2)c2ccccc2)C=C1. The molecule has 0 bridgehead atoms.